The van der Waals surface area contributed by atoms with Crippen molar-refractivity contribution in [2.24, 2.45) is 0 Å². The highest BCUT2D eigenvalue weighted by molar-refractivity contribution is 6.52. The number of methoxy groups -OCH3 is 2. The van der Waals surface area contributed by atoms with Gasteiger partial charge in [0.2, 0.25) is 0 Å². The van der Waals surface area contributed by atoms with Crippen LogP contribution in [-0.4, -0.2) is 18.6 Å². The third kappa shape index (κ3) is 2.37. The van der Waals surface area contributed by atoms with Crippen LogP contribution < -0.4 is 9.47 Å². The molecule has 0 aromatic heterocycles. The Morgan fingerprint density at radius 2 is 1.14 bits per heavy atom. The van der Waals surface area contributed by atoms with Crippen LogP contribution in [0.3, 0.4) is 0 Å². The molecule has 4 heteroatoms. The van der Waals surface area contributed by atoms with Crippen LogP contribution in [0.4, 0.5) is 0 Å². The van der Waals surface area contributed by atoms with Gasteiger partial charge in [-0.3, -0.25) is 0 Å². The van der Waals surface area contributed by atoms with E-state index in [4.69, 9.17) is 32.7 Å². The van der Waals surface area contributed by atoms with E-state index in [1.807, 2.05) is 48.5 Å². The molecule has 3 rings (SSSR count). The van der Waals surface area contributed by atoms with Crippen LogP contribution in [0, 0.1) is 0 Å². The Morgan fingerprint density at radius 3 is 1.52 bits per heavy atom. The number of hydrogen-bond donors (Lipinski definition) is 0. The monoisotopic (exact) mass is 322 g/mol. The third-order valence-corrected chi connectivity index (χ3v) is 4.94. The molecule has 21 heavy (non-hydrogen) atoms. The van der Waals surface area contributed by atoms with Gasteiger partial charge < -0.3 is 9.47 Å². The lowest BCUT2D eigenvalue weighted by molar-refractivity contribution is 0.407. The van der Waals surface area contributed by atoms with Crippen LogP contribution in [0.15, 0.2) is 48.5 Å². The molecule has 110 valence electrons. The van der Waals surface area contributed by atoms with Crippen LogP contribution in [0.1, 0.15) is 23.0 Å². The second-order valence-corrected chi connectivity index (χ2v) is 6.56. The predicted molar refractivity (Wildman–Crippen MR) is 85.9 cm³/mol. The lowest BCUT2D eigenvalue weighted by Gasteiger charge is -2.09. The van der Waals surface area contributed by atoms with Crippen molar-refractivity contribution in [2.75, 3.05) is 14.2 Å². The van der Waals surface area contributed by atoms with Crippen LogP contribution in [-0.2, 0) is 0 Å². The first kappa shape index (κ1) is 14.6. The Kier molecular flexibility index (Phi) is 3.76. The molecule has 2 aromatic carbocycles. The second kappa shape index (κ2) is 5.43. The number of rotatable bonds is 4. The second-order valence-electron chi connectivity index (χ2n) is 5.11. The summed E-state index contributed by atoms with van der Waals surface area (Å²) in [7, 11) is 3.31. The largest absolute Gasteiger partial charge is 0.496 e. The van der Waals surface area contributed by atoms with Gasteiger partial charge in [0.05, 0.1) is 14.2 Å². The minimum atomic E-state index is -0.844. The molecule has 0 spiro atoms. The molecule has 0 radical (unpaired) electrons. The molecular formula is C17H16Cl2O2. The lowest BCUT2D eigenvalue weighted by atomic mass is 10.0. The van der Waals surface area contributed by atoms with Gasteiger partial charge in [0, 0.05) is 23.0 Å². The fourth-order valence-corrected chi connectivity index (χ4v) is 3.80. The van der Waals surface area contributed by atoms with Gasteiger partial charge >= 0.3 is 0 Å². The van der Waals surface area contributed by atoms with E-state index in [2.05, 4.69) is 0 Å². The van der Waals surface area contributed by atoms with Crippen molar-refractivity contribution in [3.63, 3.8) is 0 Å². The zero-order valence-corrected chi connectivity index (χ0v) is 13.4. The Bertz CT molecular complexity index is 599. The summed E-state index contributed by atoms with van der Waals surface area (Å²) in [4.78, 5) is 0. The van der Waals surface area contributed by atoms with E-state index in [-0.39, 0.29) is 11.8 Å². The highest BCUT2D eigenvalue weighted by Gasteiger charge is 2.65. The van der Waals surface area contributed by atoms with E-state index in [0.717, 1.165) is 22.6 Å². The van der Waals surface area contributed by atoms with Gasteiger partial charge in [0.1, 0.15) is 15.8 Å². The van der Waals surface area contributed by atoms with E-state index in [1.54, 1.807) is 14.2 Å². The maximum absolute atomic E-state index is 6.55. The summed E-state index contributed by atoms with van der Waals surface area (Å²) in [6.07, 6.45) is 0. The number of alkyl halides is 2. The number of halogens is 2. The standard InChI is InChI=1S/C17H16Cl2O2/c1-20-13-9-5-3-7-11(13)15-16(17(15,18)19)12-8-4-6-10-14(12)21-2/h3-10,15-16H,1-2H3. The molecule has 0 bridgehead atoms. The van der Waals surface area contributed by atoms with Crippen LogP contribution in [0.25, 0.3) is 0 Å². The number of benzene rings is 2. The molecule has 1 aliphatic rings. The van der Waals surface area contributed by atoms with Crippen molar-refractivity contribution in [1.82, 2.24) is 0 Å². The van der Waals surface area contributed by atoms with E-state index >= 15 is 0 Å². The first-order chi connectivity index (χ1) is 10.1. The first-order valence-electron chi connectivity index (χ1n) is 6.75. The number of hydrogen-bond acceptors (Lipinski definition) is 2. The summed E-state index contributed by atoms with van der Waals surface area (Å²) in [5, 5.41) is 0. The fraction of sp³-hybridized carbons (Fsp3) is 0.294. The van der Waals surface area contributed by atoms with E-state index in [0.29, 0.717) is 0 Å². The van der Waals surface area contributed by atoms with E-state index < -0.39 is 4.33 Å². The molecule has 2 atom stereocenters. The molecule has 2 aromatic rings. The minimum absolute atomic E-state index is 0.00622. The van der Waals surface area contributed by atoms with Gasteiger partial charge in [-0.25, -0.2) is 0 Å². The number of para-hydroxylation sites is 2. The highest BCUT2D eigenvalue weighted by Crippen LogP contribution is 2.72. The van der Waals surface area contributed by atoms with Crippen molar-refractivity contribution >= 4 is 23.2 Å². The van der Waals surface area contributed by atoms with Gasteiger partial charge in [0.15, 0.2) is 0 Å². The van der Waals surface area contributed by atoms with Gasteiger partial charge in [0.25, 0.3) is 0 Å². The maximum Gasteiger partial charge on any atom is 0.133 e. The maximum atomic E-state index is 6.55. The Morgan fingerprint density at radius 1 is 0.762 bits per heavy atom. The summed E-state index contributed by atoms with van der Waals surface area (Å²) in [5.41, 5.74) is 2.06. The van der Waals surface area contributed by atoms with Crippen molar-refractivity contribution < 1.29 is 9.47 Å². The molecule has 2 unspecified atom stereocenters. The molecule has 0 amide bonds. The minimum Gasteiger partial charge on any atom is -0.496 e. The summed E-state index contributed by atoms with van der Waals surface area (Å²) in [5.74, 6) is 1.61. The highest BCUT2D eigenvalue weighted by atomic mass is 35.5. The molecule has 0 aliphatic heterocycles. The van der Waals surface area contributed by atoms with Gasteiger partial charge in [-0.05, 0) is 12.1 Å². The summed E-state index contributed by atoms with van der Waals surface area (Å²) >= 11 is 13.1. The van der Waals surface area contributed by atoms with Crippen molar-refractivity contribution in [3.05, 3.63) is 59.7 Å². The zero-order valence-electron chi connectivity index (χ0n) is 11.8. The molecule has 2 nitrogen and oxygen atoms in total. The van der Waals surface area contributed by atoms with Crippen molar-refractivity contribution in [2.45, 2.75) is 16.2 Å². The first-order valence-corrected chi connectivity index (χ1v) is 7.50. The van der Waals surface area contributed by atoms with E-state index in [1.165, 1.54) is 0 Å². The van der Waals surface area contributed by atoms with Crippen LogP contribution >= 0.6 is 23.2 Å². The van der Waals surface area contributed by atoms with Crippen LogP contribution in [0.5, 0.6) is 11.5 Å². The lowest BCUT2D eigenvalue weighted by Crippen LogP contribution is -1.94. The smallest absolute Gasteiger partial charge is 0.133 e. The van der Waals surface area contributed by atoms with Gasteiger partial charge in [-0.2, -0.15) is 0 Å². The van der Waals surface area contributed by atoms with E-state index in [9.17, 15) is 0 Å². The van der Waals surface area contributed by atoms with Crippen LogP contribution in [0.2, 0.25) is 0 Å². The van der Waals surface area contributed by atoms with Crippen molar-refractivity contribution in [3.8, 4) is 11.5 Å². The van der Waals surface area contributed by atoms with Gasteiger partial charge in [-0.15, -0.1) is 23.2 Å². The summed E-state index contributed by atoms with van der Waals surface area (Å²) < 4.78 is 10.0. The molecule has 1 saturated carbocycles. The third-order valence-electron chi connectivity index (χ3n) is 4.00. The summed E-state index contributed by atoms with van der Waals surface area (Å²) in [6, 6.07) is 15.7. The Balaban J connectivity index is 2.02. The van der Waals surface area contributed by atoms with Crippen molar-refractivity contribution in [1.29, 1.82) is 0 Å². The normalized spacial score (nSPS) is 22.7. The topological polar surface area (TPSA) is 18.5 Å². The molecule has 0 heterocycles. The van der Waals surface area contributed by atoms with Gasteiger partial charge in [-0.1, -0.05) is 36.4 Å². The average Bonchev–Trinajstić information content (AvgIpc) is 3.09. The molecule has 1 fully saturated rings. The molecule has 0 saturated heterocycles. The molecule has 1 aliphatic carbocycles. The Hall–Kier alpha value is -1.38. The fourth-order valence-electron chi connectivity index (χ4n) is 2.95. The zero-order chi connectivity index (χ0) is 15.0. The number of ether oxygens (including phenoxy) is 2. The average molecular weight is 323 g/mol. The SMILES string of the molecule is COc1ccccc1C1C(c2ccccc2OC)C1(Cl)Cl. The molecular weight excluding hydrogens is 307 g/mol. The Labute approximate surface area is 134 Å². The predicted octanol–water partition coefficient (Wildman–Crippen LogP) is 4.76. The summed E-state index contributed by atoms with van der Waals surface area (Å²) in [6.45, 7) is 0. The quantitative estimate of drug-likeness (QED) is 0.755. The molecule has 0 N–H and O–H groups in total.